The maximum absolute atomic E-state index is 11.3. The molecule has 0 aromatic carbocycles. The molecular formula is C8H15NO2. The predicted molar refractivity (Wildman–Crippen MR) is 42.3 cm³/mol. The summed E-state index contributed by atoms with van der Waals surface area (Å²) in [4.78, 5) is 11.3. The first-order valence-electron chi connectivity index (χ1n) is 4.11. The highest BCUT2D eigenvalue weighted by Crippen LogP contribution is 2.32. The summed E-state index contributed by atoms with van der Waals surface area (Å²) in [7, 11) is 1.82. The van der Waals surface area contributed by atoms with Crippen molar-refractivity contribution >= 4 is 5.97 Å². The highest BCUT2D eigenvalue weighted by molar-refractivity contribution is 5.81. The summed E-state index contributed by atoms with van der Waals surface area (Å²) in [6.07, 6.45) is 2.96. The number of carbonyl (C=O) groups is 1. The molecule has 0 bridgehead atoms. The molecule has 0 aromatic heterocycles. The van der Waals surface area contributed by atoms with E-state index in [2.05, 4.69) is 5.32 Å². The van der Waals surface area contributed by atoms with E-state index in [9.17, 15) is 4.79 Å². The van der Waals surface area contributed by atoms with Crippen LogP contribution in [0.5, 0.6) is 0 Å². The first-order valence-corrected chi connectivity index (χ1v) is 4.11. The van der Waals surface area contributed by atoms with Gasteiger partial charge in [-0.1, -0.05) is 0 Å². The Morgan fingerprint density at radius 3 is 2.55 bits per heavy atom. The topological polar surface area (TPSA) is 38.3 Å². The molecule has 0 amide bonds. The van der Waals surface area contributed by atoms with Crippen LogP contribution in [-0.2, 0) is 9.53 Å². The number of nitrogens with one attached hydrogen (secondary N) is 1. The molecule has 0 radical (unpaired) electrons. The summed E-state index contributed by atoms with van der Waals surface area (Å²) in [6, 6.07) is 0. The second kappa shape index (κ2) is 3.22. The number of ether oxygens (including phenoxy) is 1. The molecular weight excluding hydrogens is 142 g/mol. The molecule has 0 unspecified atom stereocenters. The largest absolute Gasteiger partial charge is 0.465 e. The van der Waals surface area contributed by atoms with E-state index in [1.54, 1.807) is 0 Å². The molecule has 1 aliphatic rings. The molecule has 1 N–H and O–H groups in total. The van der Waals surface area contributed by atoms with Gasteiger partial charge >= 0.3 is 5.97 Å². The summed E-state index contributed by atoms with van der Waals surface area (Å²) in [6.45, 7) is 2.31. The van der Waals surface area contributed by atoms with E-state index in [-0.39, 0.29) is 11.5 Å². The van der Waals surface area contributed by atoms with E-state index < -0.39 is 0 Å². The van der Waals surface area contributed by atoms with E-state index in [0.717, 1.165) is 19.3 Å². The first kappa shape index (κ1) is 8.53. The minimum Gasteiger partial charge on any atom is -0.465 e. The average Bonchev–Trinajstić information content (AvgIpc) is 1.87. The van der Waals surface area contributed by atoms with Gasteiger partial charge in [0.05, 0.1) is 6.61 Å². The predicted octanol–water partition coefficient (Wildman–Crippen LogP) is 0.692. The minimum atomic E-state index is -0.337. The zero-order chi connectivity index (χ0) is 8.32. The van der Waals surface area contributed by atoms with Gasteiger partial charge in [-0.3, -0.25) is 4.79 Å². The van der Waals surface area contributed by atoms with Gasteiger partial charge in [0, 0.05) is 0 Å². The SMILES string of the molecule is CCOC(=O)C1(NC)CCC1. The van der Waals surface area contributed by atoms with Gasteiger partial charge < -0.3 is 10.1 Å². The zero-order valence-electron chi connectivity index (χ0n) is 7.14. The van der Waals surface area contributed by atoms with Crippen molar-refractivity contribution in [2.75, 3.05) is 13.7 Å². The number of hydrogen-bond donors (Lipinski definition) is 1. The van der Waals surface area contributed by atoms with Crippen LogP contribution in [0.2, 0.25) is 0 Å². The summed E-state index contributed by atoms with van der Waals surface area (Å²) >= 11 is 0. The van der Waals surface area contributed by atoms with Crippen molar-refractivity contribution in [1.29, 1.82) is 0 Å². The van der Waals surface area contributed by atoms with Gasteiger partial charge in [-0.25, -0.2) is 0 Å². The van der Waals surface area contributed by atoms with Crippen molar-refractivity contribution in [2.45, 2.75) is 31.7 Å². The van der Waals surface area contributed by atoms with Gasteiger partial charge in [-0.05, 0) is 33.2 Å². The standard InChI is InChI=1S/C8H15NO2/c1-3-11-7(10)8(9-2)5-4-6-8/h9H,3-6H2,1-2H3. The van der Waals surface area contributed by atoms with Crippen LogP contribution in [0.1, 0.15) is 26.2 Å². The van der Waals surface area contributed by atoms with E-state index in [1.807, 2.05) is 14.0 Å². The maximum atomic E-state index is 11.3. The molecule has 0 atom stereocenters. The molecule has 64 valence electrons. The van der Waals surface area contributed by atoms with Gasteiger partial charge in [0.2, 0.25) is 0 Å². The van der Waals surface area contributed by atoms with Crippen LogP contribution in [0.4, 0.5) is 0 Å². The van der Waals surface area contributed by atoms with Gasteiger partial charge in [-0.15, -0.1) is 0 Å². The second-order valence-electron chi connectivity index (χ2n) is 2.91. The third-order valence-electron chi connectivity index (χ3n) is 2.35. The third kappa shape index (κ3) is 1.38. The lowest BCUT2D eigenvalue weighted by molar-refractivity contribution is -0.154. The molecule has 3 nitrogen and oxygen atoms in total. The lowest BCUT2D eigenvalue weighted by Crippen LogP contribution is -2.56. The van der Waals surface area contributed by atoms with E-state index in [0.29, 0.717) is 6.61 Å². The average molecular weight is 157 g/mol. The highest BCUT2D eigenvalue weighted by atomic mass is 16.5. The fraction of sp³-hybridized carbons (Fsp3) is 0.875. The van der Waals surface area contributed by atoms with Crippen LogP contribution in [0.15, 0.2) is 0 Å². The maximum Gasteiger partial charge on any atom is 0.326 e. The number of esters is 1. The number of likely N-dealkylation sites (N-methyl/N-ethyl adjacent to an activating group) is 1. The summed E-state index contributed by atoms with van der Waals surface area (Å²) in [5.74, 6) is -0.0891. The van der Waals surface area contributed by atoms with E-state index in [4.69, 9.17) is 4.74 Å². The Kier molecular flexibility index (Phi) is 2.49. The molecule has 11 heavy (non-hydrogen) atoms. The van der Waals surface area contributed by atoms with Gasteiger partial charge in [-0.2, -0.15) is 0 Å². The molecule has 1 rings (SSSR count). The molecule has 1 saturated carbocycles. The minimum absolute atomic E-state index is 0.0891. The fourth-order valence-corrected chi connectivity index (χ4v) is 1.36. The molecule has 1 aliphatic carbocycles. The molecule has 0 spiro atoms. The van der Waals surface area contributed by atoms with Crippen molar-refractivity contribution in [2.24, 2.45) is 0 Å². The second-order valence-corrected chi connectivity index (χ2v) is 2.91. The normalized spacial score (nSPS) is 20.5. The lowest BCUT2D eigenvalue weighted by Gasteiger charge is -2.38. The van der Waals surface area contributed by atoms with E-state index >= 15 is 0 Å². The number of rotatable bonds is 3. The van der Waals surface area contributed by atoms with Crippen LogP contribution in [-0.4, -0.2) is 25.2 Å². The Balaban J connectivity index is 2.47. The van der Waals surface area contributed by atoms with Crippen LogP contribution >= 0.6 is 0 Å². The third-order valence-corrected chi connectivity index (χ3v) is 2.35. The van der Waals surface area contributed by atoms with Gasteiger partial charge in [0.1, 0.15) is 5.54 Å². The lowest BCUT2D eigenvalue weighted by atomic mass is 9.77. The molecule has 1 fully saturated rings. The van der Waals surface area contributed by atoms with Crippen molar-refractivity contribution < 1.29 is 9.53 Å². The van der Waals surface area contributed by atoms with Crippen molar-refractivity contribution in [1.82, 2.24) is 5.32 Å². The molecule has 0 saturated heterocycles. The fourth-order valence-electron chi connectivity index (χ4n) is 1.36. The Morgan fingerprint density at radius 2 is 2.27 bits per heavy atom. The van der Waals surface area contributed by atoms with Crippen molar-refractivity contribution in [3.63, 3.8) is 0 Å². The van der Waals surface area contributed by atoms with Crippen molar-refractivity contribution in [3.05, 3.63) is 0 Å². The Hall–Kier alpha value is -0.570. The van der Waals surface area contributed by atoms with E-state index in [1.165, 1.54) is 0 Å². The smallest absolute Gasteiger partial charge is 0.326 e. The van der Waals surface area contributed by atoms with Crippen LogP contribution < -0.4 is 5.32 Å². The van der Waals surface area contributed by atoms with Crippen LogP contribution in [0.25, 0.3) is 0 Å². The first-order chi connectivity index (χ1) is 5.25. The number of carbonyl (C=O) groups excluding carboxylic acids is 1. The van der Waals surface area contributed by atoms with Crippen LogP contribution in [0, 0.1) is 0 Å². The summed E-state index contributed by atoms with van der Waals surface area (Å²) in [5, 5.41) is 3.02. The van der Waals surface area contributed by atoms with Gasteiger partial charge in [0.15, 0.2) is 0 Å². The highest BCUT2D eigenvalue weighted by Gasteiger charge is 2.43. The monoisotopic (exact) mass is 157 g/mol. The Morgan fingerprint density at radius 1 is 1.64 bits per heavy atom. The summed E-state index contributed by atoms with van der Waals surface area (Å²) in [5.41, 5.74) is -0.337. The molecule has 3 heteroatoms. The Bertz CT molecular complexity index is 147. The molecule has 0 aliphatic heterocycles. The van der Waals surface area contributed by atoms with Crippen molar-refractivity contribution in [3.8, 4) is 0 Å². The Labute approximate surface area is 67.1 Å². The zero-order valence-corrected chi connectivity index (χ0v) is 7.14. The summed E-state index contributed by atoms with van der Waals surface area (Å²) < 4.78 is 4.94. The number of hydrogen-bond acceptors (Lipinski definition) is 3. The molecule has 0 heterocycles. The van der Waals surface area contributed by atoms with Crippen LogP contribution in [0.3, 0.4) is 0 Å². The quantitative estimate of drug-likeness (QED) is 0.612. The van der Waals surface area contributed by atoms with Gasteiger partial charge in [0.25, 0.3) is 0 Å². The molecule has 0 aromatic rings.